The molecule has 0 N–H and O–H groups in total. The van der Waals surface area contributed by atoms with Crippen molar-refractivity contribution in [2.45, 2.75) is 19.8 Å². The van der Waals surface area contributed by atoms with Crippen LogP contribution in [0.15, 0.2) is 145 Å². The summed E-state index contributed by atoms with van der Waals surface area (Å²) in [4.78, 5) is 0. The average molecular weight is 515 g/mol. The summed E-state index contributed by atoms with van der Waals surface area (Å²) in [7, 11) is 0. The minimum Gasteiger partial charge on any atom is -0.0985 e. The Labute approximate surface area is 238 Å². The van der Waals surface area contributed by atoms with Gasteiger partial charge in [0.15, 0.2) is 0 Å². The van der Waals surface area contributed by atoms with E-state index in [0.717, 1.165) is 12.8 Å². The van der Waals surface area contributed by atoms with Crippen LogP contribution < -0.4 is 0 Å². The summed E-state index contributed by atoms with van der Waals surface area (Å²) in [6.45, 7) is 6.38. The topological polar surface area (TPSA) is 0 Å². The molecule has 0 nitrogen and oxygen atoms in total. The van der Waals surface area contributed by atoms with E-state index in [1.807, 2.05) is 6.08 Å². The molecule has 194 valence electrons. The van der Waals surface area contributed by atoms with E-state index in [9.17, 15) is 0 Å². The van der Waals surface area contributed by atoms with Crippen molar-refractivity contribution in [3.05, 3.63) is 167 Å². The number of fused-ring (bicyclic) bond motifs is 4. The summed E-state index contributed by atoms with van der Waals surface area (Å²) in [6, 6.07) is 31.3. The lowest BCUT2D eigenvalue weighted by molar-refractivity contribution is 0.409. The maximum Gasteiger partial charge on any atom is 0.00331 e. The molecular weight excluding hydrogens is 480 g/mol. The first kappa shape index (κ1) is 24.6. The summed E-state index contributed by atoms with van der Waals surface area (Å²) >= 11 is 0. The van der Waals surface area contributed by atoms with Gasteiger partial charge in [-0.05, 0) is 98.5 Å². The van der Waals surface area contributed by atoms with Crippen LogP contribution >= 0.6 is 0 Å². The van der Waals surface area contributed by atoms with E-state index < -0.39 is 0 Å². The van der Waals surface area contributed by atoms with Gasteiger partial charge < -0.3 is 0 Å². The summed E-state index contributed by atoms with van der Waals surface area (Å²) in [5.74, 6) is 1.28. The Morgan fingerprint density at radius 2 is 1.65 bits per heavy atom. The van der Waals surface area contributed by atoms with Gasteiger partial charge in [-0.25, -0.2) is 0 Å². The molecule has 0 heteroatoms. The lowest BCUT2D eigenvalue weighted by Gasteiger charge is -2.31. The molecule has 0 saturated heterocycles. The average Bonchev–Trinajstić information content (AvgIpc) is 3.06. The standard InChI is InChI=1S/C40H34/c1-3-28-25-39(37(23-27(28)2)30-13-5-4-6-14-30)40-35-21-10-8-16-31(35)24-32-19-12-22-36(40)38(32)26-33-18-11-17-29-15-7-9-20-34(29)33/h3-23,25,31-32,38H,1,24,26H2,2H3. The molecule has 0 aromatic heterocycles. The van der Waals surface area contributed by atoms with Crippen molar-refractivity contribution >= 4 is 22.4 Å². The second-order valence-corrected chi connectivity index (χ2v) is 11.4. The van der Waals surface area contributed by atoms with Gasteiger partial charge in [-0.1, -0.05) is 134 Å². The highest BCUT2D eigenvalue weighted by Gasteiger charge is 2.36. The van der Waals surface area contributed by atoms with Crippen LogP contribution in [0.5, 0.6) is 0 Å². The lowest BCUT2D eigenvalue weighted by Crippen LogP contribution is -2.21. The first-order valence-electron chi connectivity index (χ1n) is 14.5. The summed E-state index contributed by atoms with van der Waals surface area (Å²) in [5.41, 5.74) is 12.1. The molecule has 0 saturated carbocycles. The maximum atomic E-state index is 4.18. The van der Waals surface area contributed by atoms with Crippen LogP contribution in [0.3, 0.4) is 0 Å². The van der Waals surface area contributed by atoms with Gasteiger partial charge in [-0.15, -0.1) is 0 Å². The summed E-state index contributed by atoms with van der Waals surface area (Å²) in [6.07, 6.45) is 20.6. The minimum atomic E-state index is 0.394. The van der Waals surface area contributed by atoms with Gasteiger partial charge in [0.05, 0.1) is 0 Å². The van der Waals surface area contributed by atoms with Gasteiger partial charge in [-0.3, -0.25) is 0 Å². The monoisotopic (exact) mass is 514 g/mol. The first-order chi connectivity index (χ1) is 19.7. The fraction of sp³-hybridized carbons (Fsp3) is 0.150. The van der Waals surface area contributed by atoms with Crippen molar-refractivity contribution in [2.24, 2.45) is 17.8 Å². The van der Waals surface area contributed by atoms with Crippen molar-refractivity contribution < 1.29 is 0 Å². The fourth-order valence-corrected chi connectivity index (χ4v) is 7.11. The third-order valence-corrected chi connectivity index (χ3v) is 9.08. The maximum absolute atomic E-state index is 4.18. The molecule has 40 heavy (non-hydrogen) atoms. The van der Waals surface area contributed by atoms with Crippen LogP contribution in [0.25, 0.3) is 33.5 Å². The highest BCUT2D eigenvalue weighted by Crippen LogP contribution is 2.50. The quantitative estimate of drug-likeness (QED) is 0.248. The highest BCUT2D eigenvalue weighted by molar-refractivity contribution is 5.94. The number of aryl methyl sites for hydroxylation is 1. The van der Waals surface area contributed by atoms with Gasteiger partial charge in [-0.2, -0.15) is 0 Å². The molecule has 0 radical (unpaired) electrons. The van der Waals surface area contributed by atoms with Gasteiger partial charge >= 0.3 is 0 Å². The van der Waals surface area contributed by atoms with Gasteiger partial charge in [0, 0.05) is 5.92 Å². The van der Waals surface area contributed by atoms with Crippen molar-refractivity contribution in [2.75, 3.05) is 0 Å². The molecule has 7 rings (SSSR count). The van der Waals surface area contributed by atoms with E-state index in [-0.39, 0.29) is 0 Å². The van der Waals surface area contributed by atoms with Gasteiger partial charge in [0.1, 0.15) is 0 Å². The van der Waals surface area contributed by atoms with Crippen LogP contribution in [0.2, 0.25) is 0 Å². The molecule has 3 aliphatic rings. The second-order valence-electron chi connectivity index (χ2n) is 11.4. The van der Waals surface area contributed by atoms with E-state index in [1.54, 1.807) is 0 Å². The third-order valence-electron chi connectivity index (χ3n) is 9.08. The molecule has 0 spiro atoms. The molecule has 4 aromatic carbocycles. The largest absolute Gasteiger partial charge is 0.0985 e. The van der Waals surface area contributed by atoms with E-state index in [1.165, 1.54) is 60.9 Å². The second kappa shape index (κ2) is 10.3. The summed E-state index contributed by atoms with van der Waals surface area (Å²) < 4.78 is 0. The molecular formula is C40H34. The Balaban J connectivity index is 1.46. The van der Waals surface area contributed by atoms with Crippen molar-refractivity contribution in [3.8, 4) is 11.1 Å². The van der Waals surface area contributed by atoms with E-state index in [4.69, 9.17) is 0 Å². The zero-order valence-electron chi connectivity index (χ0n) is 23.1. The normalized spacial score (nSPS) is 21.2. The molecule has 0 aliphatic heterocycles. The molecule has 3 unspecified atom stereocenters. The smallest absolute Gasteiger partial charge is 0.00331 e. The van der Waals surface area contributed by atoms with Crippen LogP contribution in [0, 0.1) is 24.7 Å². The van der Waals surface area contributed by atoms with E-state index in [2.05, 4.69) is 141 Å². The Morgan fingerprint density at radius 3 is 2.52 bits per heavy atom. The van der Waals surface area contributed by atoms with E-state index in [0.29, 0.717) is 17.8 Å². The zero-order chi connectivity index (χ0) is 27.1. The molecule has 2 bridgehead atoms. The van der Waals surface area contributed by atoms with Crippen molar-refractivity contribution in [3.63, 3.8) is 0 Å². The Kier molecular flexibility index (Phi) is 6.33. The van der Waals surface area contributed by atoms with Crippen molar-refractivity contribution in [1.29, 1.82) is 0 Å². The summed E-state index contributed by atoms with van der Waals surface area (Å²) in [5, 5.41) is 2.69. The van der Waals surface area contributed by atoms with Gasteiger partial charge in [0.25, 0.3) is 0 Å². The van der Waals surface area contributed by atoms with E-state index >= 15 is 0 Å². The molecule has 0 fully saturated rings. The zero-order valence-corrected chi connectivity index (χ0v) is 23.1. The number of hydrogen-bond acceptors (Lipinski definition) is 0. The molecule has 0 heterocycles. The molecule has 4 aromatic rings. The number of rotatable bonds is 5. The van der Waals surface area contributed by atoms with Gasteiger partial charge in [0.2, 0.25) is 0 Å². The van der Waals surface area contributed by atoms with Crippen LogP contribution in [-0.2, 0) is 6.42 Å². The molecule has 3 aliphatic carbocycles. The number of allylic oxidation sites excluding steroid dienone is 10. The fourth-order valence-electron chi connectivity index (χ4n) is 7.11. The van der Waals surface area contributed by atoms with Crippen LogP contribution in [0.1, 0.15) is 28.7 Å². The Hall–Kier alpha value is -4.42. The third kappa shape index (κ3) is 4.25. The minimum absolute atomic E-state index is 0.394. The predicted molar refractivity (Wildman–Crippen MR) is 172 cm³/mol. The molecule has 0 amide bonds. The van der Waals surface area contributed by atoms with Crippen LogP contribution in [-0.4, -0.2) is 0 Å². The molecule has 3 atom stereocenters. The van der Waals surface area contributed by atoms with Crippen LogP contribution in [0.4, 0.5) is 0 Å². The Bertz CT molecular complexity index is 1760. The SMILES string of the molecule is C=Cc1cc(C2=C3C=CC=CC3CC3C=CC=C2C3Cc2cccc3ccccc23)c(-c2ccccc2)cc1C. The highest BCUT2D eigenvalue weighted by atomic mass is 14.4. The Morgan fingerprint density at radius 1 is 0.825 bits per heavy atom. The number of hydrogen-bond donors (Lipinski definition) is 0. The lowest BCUT2D eigenvalue weighted by atomic mass is 9.73. The first-order valence-corrected chi connectivity index (χ1v) is 14.5. The number of benzene rings is 4. The predicted octanol–water partition coefficient (Wildman–Crippen LogP) is 10.3. The van der Waals surface area contributed by atoms with Crippen molar-refractivity contribution in [1.82, 2.24) is 0 Å².